The fourth-order valence-corrected chi connectivity index (χ4v) is 22.6. The van der Waals surface area contributed by atoms with Crippen LogP contribution in [0.3, 0.4) is 0 Å². The van der Waals surface area contributed by atoms with E-state index in [1.54, 1.807) is 84.5 Å². The number of methoxy groups -OCH3 is 2. The van der Waals surface area contributed by atoms with Gasteiger partial charge in [-0.05, 0) is 324 Å². The third-order valence-electron chi connectivity index (χ3n) is 30.5. The number of halogens is 6. The highest BCUT2D eigenvalue weighted by Gasteiger charge is 2.60. The van der Waals surface area contributed by atoms with Gasteiger partial charge < -0.3 is 25.4 Å². The zero-order chi connectivity index (χ0) is 95.9. The molecule has 3 radical (unpaired) electrons. The first-order valence-electron chi connectivity index (χ1n) is 45.2. The molecule has 0 bridgehead atoms. The van der Waals surface area contributed by atoms with Crippen molar-refractivity contribution in [2.75, 3.05) is 52.0 Å². The molecule has 5 N–H and O–H groups in total. The molecule has 0 spiro atoms. The summed E-state index contributed by atoms with van der Waals surface area (Å²) in [5.41, 5.74) is 25.9. The number of rotatable bonds is 18. The number of carbonyl (C=O) groups excluding carboxylic acids is 3. The third kappa shape index (κ3) is 19.0. The molecule has 33 heteroatoms. The predicted molar refractivity (Wildman–Crippen MR) is 508 cm³/mol. The number of allylic oxidation sites excluding steroid dienone is 6. The average molecular weight is 1900 g/mol. The van der Waals surface area contributed by atoms with Crippen LogP contribution in [0.5, 0.6) is 0 Å². The number of ether oxygens (including phenoxy) is 2. The summed E-state index contributed by atoms with van der Waals surface area (Å²) in [5, 5.41) is 51.8. The number of carbonyl (C=O) groups is 3. The van der Waals surface area contributed by atoms with E-state index in [0.29, 0.717) is 51.0 Å². The molecule has 5 heterocycles. The lowest BCUT2D eigenvalue weighted by Gasteiger charge is -2.46. The number of hydrogen-bond acceptors (Lipinski definition) is 18. The van der Waals surface area contributed by atoms with Gasteiger partial charge in [0.05, 0.1) is 137 Å². The lowest BCUT2D eigenvalue weighted by Crippen LogP contribution is -2.48. The number of hydrogen-bond donors (Lipinski definition) is 4. The van der Waals surface area contributed by atoms with Crippen LogP contribution in [0.2, 0.25) is 0 Å². The number of nitrogens with one attached hydrogen (secondary N) is 1. The molecule has 0 unspecified atom stereocenters. The van der Waals surface area contributed by atoms with Crippen molar-refractivity contribution in [1.29, 1.82) is 5.26 Å². The molecule has 707 valence electrons. The maximum atomic E-state index is 13.3. The second-order valence-corrected chi connectivity index (χ2v) is 42.6. The van der Waals surface area contributed by atoms with E-state index in [0.717, 1.165) is 167 Å². The summed E-state index contributed by atoms with van der Waals surface area (Å²) in [7, 11) is 0.934. The molecular formula is C102H111BClF5N13O11S2. The van der Waals surface area contributed by atoms with Gasteiger partial charge in [-0.25, -0.2) is 71.7 Å². The van der Waals surface area contributed by atoms with Gasteiger partial charge in [-0.1, -0.05) is 68.1 Å². The Morgan fingerprint density at radius 2 is 0.807 bits per heavy atom. The lowest BCUT2D eigenvalue weighted by molar-refractivity contribution is -0.143. The Hall–Kier alpha value is -11.6. The van der Waals surface area contributed by atoms with Crippen molar-refractivity contribution in [2.24, 2.45) is 49.1 Å². The molecule has 5 aromatic carbocycles. The van der Waals surface area contributed by atoms with Gasteiger partial charge in [-0.2, -0.15) is 30.8 Å². The van der Waals surface area contributed by atoms with Gasteiger partial charge in [0.2, 0.25) is 19.1 Å². The highest BCUT2D eigenvalue weighted by Crippen LogP contribution is 2.65. The molecule has 10 aliphatic carbocycles. The molecule has 135 heavy (non-hydrogen) atoms. The van der Waals surface area contributed by atoms with Gasteiger partial charge >= 0.3 is 11.9 Å². The first-order chi connectivity index (χ1) is 63.8. The zero-order valence-electron chi connectivity index (χ0n) is 77.1. The number of nitrogens with zero attached hydrogens (tertiary/aromatic N) is 11. The van der Waals surface area contributed by atoms with Gasteiger partial charge in [0.1, 0.15) is 34.9 Å². The molecule has 10 aromatic rings. The summed E-state index contributed by atoms with van der Waals surface area (Å²) < 4.78 is 131. The maximum absolute atomic E-state index is 13.3. The summed E-state index contributed by atoms with van der Waals surface area (Å²) in [5.74, 6) is -1.62. The first kappa shape index (κ1) is 99.4. The van der Waals surface area contributed by atoms with E-state index in [9.17, 15) is 68.6 Å². The van der Waals surface area contributed by atoms with Crippen LogP contribution in [0.4, 0.5) is 22.0 Å². The van der Waals surface area contributed by atoms with E-state index in [2.05, 4.69) is 105 Å². The lowest BCUT2D eigenvalue weighted by atomic mass is 9.59. The van der Waals surface area contributed by atoms with E-state index >= 15 is 0 Å². The number of aliphatic hydroxyl groups excluding tert-OH is 2. The molecule has 5 saturated carbocycles. The van der Waals surface area contributed by atoms with Crippen molar-refractivity contribution in [2.45, 2.75) is 164 Å². The van der Waals surface area contributed by atoms with Crippen LogP contribution < -0.4 is 10.5 Å². The molecule has 20 rings (SSSR count). The SMILES string of the molecule is CCS(=O)(=O)Cl.CCS(=O)(=O)NC[C@]1(CCO)CCC2=Cc3c(cnn3-c3ccc(F)cc3)C[C@@]21C.COC(=O)/C=C1\CCC2=Cc3c(cnn3-c3ccc(F)cc3)C[C@@]21C.COC(=O)C[C@@]1(C#N)CCC2=Cc3c(cnn3-c3ccc(F)cc3)C[C@@]21C.C[C@]12Cc3cnn(-c4ccc(F)cc4)c3C=C1CCC2=O.C[C@]12Cc3cnn(-c4ccc(F)cc4)c3C=C1CC[C@]2(CN)CCO.[B]. The van der Waals surface area contributed by atoms with E-state index < -0.39 is 29.9 Å². The highest BCUT2D eigenvalue weighted by molar-refractivity contribution is 8.13. The smallest absolute Gasteiger partial charge is 0.330 e. The molecule has 8 atom stereocenters. The number of aromatic nitrogens is 10. The maximum Gasteiger partial charge on any atom is 0.330 e. The Balaban J connectivity index is 0.000000133. The quantitative estimate of drug-likeness (QED) is 0.0204. The molecule has 5 aromatic heterocycles. The Bertz CT molecular complexity index is 6660. The molecule has 0 saturated heterocycles. The van der Waals surface area contributed by atoms with Gasteiger partial charge in [0, 0.05) is 62.2 Å². The fourth-order valence-electron chi connectivity index (χ4n) is 21.9. The minimum Gasteiger partial charge on any atom is -0.469 e. The van der Waals surface area contributed by atoms with Crippen LogP contribution in [0.15, 0.2) is 192 Å². The van der Waals surface area contributed by atoms with Gasteiger partial charge in [0.15, 0.2) is 0 Å². The zero-order valence-corrected chi connectivity index (χ0v) is 79.5. The third-order valence-corrected chi connectivity index (χ3v) is 33.2. The number of esters is 2. The minimum absolute atomic E-state index is 0. The standard InChI is InChI=1S/C22H28FN3O3S.C21H20FN3O2.C20H24FN3O.C20H19FN2O2.C17H15FN2O.C2H5ClO2S.B/c1-3-30(28,29)25-15-22(10-11-27)9-8-17-12-20-16(13-21(17,22)2)14-24-26(20)19-6-4-18(23)5-7-19;1-20-10-14-12-24-25(17-5-3-16(22)4-6-17)18(14)9-15(20)7-8-21(20,13-23)11-19(26)27-2;1-19-11-14-12-23-24(17-4-2-16(21)3-5-17)18(14)10-15(19)6-7-20(19,13-22)8-9-25;1-20-11-13-12-22-23(17-7-5-16(21)6-8-17)18(13)9-14(20)3-4-15(20)10-19(24)25-2;1-17-9-11-10-19-20(14-5-3-13(18)4-6-14)15(11)8-12(17)2-7-16(17)21;1-2-6(3,4)5;/h4-7,12,14,25,27H,3,8-11,13,15H2,1-2H3;3-6,9,12H,7-8,10-11H2,1-2H3;2-5,10,12,25H,6-9,11,13,22H2,1H3;5-10,12H,3-4,11H2,1-2H3;3-6,8,10H,2,7,9H2,1H3;2H2,1H3;/b;;;15-10+;;;/t21-,22+;20-,21+;19-,20+;20-;17-;;/m00000../s1. The van der Waals surface area contributed by atoms with Gasteiger partial charge in [0.25, 0.3) is 0 Å². The number of nitrogens with two attached hydrogens (primary N) is 1. The summed E-state index contributed by atoms with van der Waals surface area (Å²) >= 11 is 0. The van der Waals surface area contributed by atoms with Crippen molar-refractivity contribution in [3.05, 3.63) is 277 Å². The van der Waals surface area contributed by atoms with Crippen LogP contribution in [-0.2, 0) is 75.0 Å². The topological polar surface area (TPSA) is 329 Å². The number of ketones is 1. The molecule has 24 nitrogen and oxygen atoms in total. The fraction of sp³-hybridized carbons (Fsp3) is 0.402. The largest absolute Gasteiger partial charge is 0.469 e. The molecule has 0 aliphatic heterocycles. The molecule has 0 amide bonds. The van der Waals surface area contributed by atoms with E-state index in [1.807, 2.05) is 50.4 Å². The second-order valence-electron chi connectivity index (χ2n) is 37.4. The summed E-state index contributed by atoms with van der Waals surface area (Å²) in [4.78, 5) is 35.8. The van der Waals surface area contributed by atoms with Crippen molar-refractivity contribution >= 4 is 86.3 Å². The first-order valence-corrected chi connectivity index (χ1v) is 49.3. The predicted octanol–water partition coefficient (Wildman–Crippen LogP) is 17.3. The molecular weight excluding hydrogens is 1790 g/mol. The second kappa shape index (κ2) is 39.3. The summed E-state index contributed by atoms with van der Waals surface area (Å²) in [6, 6.07) is 34.0. The van der Waals surface area contributed by atoms with Crippen molar-refractivity contribution < 1.29 is 72.9 Å². The number of nitriles is 1. The van der Waals surface area contributed by atoms with E-state index in [-0.39, 0.29) is 113 Å². The Labute approximate surface area is 790 Å². The Morgan fingerprint density at radius 1 is 0.481 bits per heavy atom. The number of aliphatic hydroxyl groups is 2. The highest BCUT2D eigenvalue weighted by atomic mass is 35.7. The van der Waals surface area contributed by atoms with Crippen molar-refractivity contribution in [1.82, 2.24) is 53.6 Å². The molecule has 5 fully saturated rings. The number of Topliss-reactive ketones (excluding diaryl/α,β-unsaturated/α-hetero) is 1. The monoisotopic (exact) mass is 1900 g/mol. The van der Waals surface area contributed by atoms with Crippen molar-refractivity contribution in [3.8, 4) is 34.5 Å². The number of fused-ring (bicyclic) bond motifs is 10. The summed E-state index contributed by atoms with van der Waals surface area (Å²) in [6.07, 6.45) is 35.1. The van der Waals surface area contributed by atoms with Crippen molar-refractivity contribution in [3.63, 3.8) is 0 Å². The Kier molecular flexibility index (Phi) is 28.9. The van der Waals surface area contributed by atoms with Crippen LogP contribution in [0, 0.1) is 83.7 Å². The number of sulfonamides is 1. The average Bonchev–Trinajstić information content (AvgIpc) is 1.57. The number of benzene rings is 5. The van der Waals surface area contributed by atoms with E-state index in [4.69, 9.17) is 15.2 Å². The van der Waals surface area contributed by atoms with E-state index in [1.165, 1.54) is 110 Å². The van der Waals surface area contributed by atoms with Crippen LogP contribution in [0.1, 0.15) is 188 Å². The summed E-state index contributed by atoms with van der Waals surface area (Å²) in [6.45, 7) is 14.9. The van der Waals surface area contributed by atoms with Crippen LogP contribution >= 0.6 is 10.7 Å². The molecule has 10 aliphatic rings. The van der Waals surface area contributed by atoms with Crippen LogP contribution in [-0.4, -0.2) is 154 Å². The van der Waals surface area contributed by atoms with Crippen LogP contribution in [0.25, 0.3) is 58.8 Å². The minimum atomic E-state index is -3.32. The normalized spacial score (nSPS) is 24.5. The van der Waals surface area contributed by atoms with Gasteiger partial charge in [-0.3, -0.25) is 9.59 Å². The Morgan fingerprint density at radius 3 is 1.16 bits per heavy atom. The van der Waals surface area contributed by atoms with Gasteiger partial charge in [-0.15, -0.1) is 0 Å².